The van der Waals surface area contributed by atoms with Gasteiger partial charge in [0.2, 0.25) is 11.8 Å². The van der Waals surface area contributed by atoms with Gasteiger partial charge >= 0.3 is 0 Å². The Hall–Kier alpha value is -4.62. The average molecular weight is 923 g/mol. The monoisotopic (exact) mass is 923 g/mol. The fraction of sp³-hybridized carbons (Fsp3) is 0.556. The van der Waals surface area contributed by atoms with E-state index in [-0.39, 0.29) is 72.7 Å². The van der Waals surface area contributed by atoms with Crippen LogP contribution in [0.3, 0.4) is 0 Å². The number of aryl methyl sites for hydroxylation is 2. The van der Waals surface area contributed by atoms with Crippen molar-refractivity contribution in [1.82, 2.24) is 14.8 Å². The van der Waals surface area contributed by atoms with Crippen molar-refractivity contribution in [1.29, 1.82) is 0 Å². The van der Waals surface area contributed by atoms with Crippen LogP contribution in [-0.4, -0.2) is 102 Å². The van der Waals surface area contributed by atoms with Crippen LogP contribution in [-0.2, 0) is 46.3 Å². The van der Waals surface area contributed by atoms with Crippen molar-refractivity contribution in [3.05, 3.63) is 89.0 Å². The van der Waals surface area contributed by atoms with Gasteiger partial charge < -0.3 is 25.0 Å². The number of ketones is 3. The number of aromatic nitrogens is 1. The molecule has 5 rings (SSSR count). The SMILES string of the molecule is COC(CC(=O)N1CCCC1C(OC)C(C)C(=O)CC(Cc1ccccc1)C(=O)Cc1ccc(-c2nc3cc(C)ccc3s2)cc1C)C(C(C)C)N(C)C(=O)C(CC(=O)C(C)(C)N)C(C)C. The van der Waals surface area contributed by atoms with Gasteiger partial charge in [-0.1, -0.05) is 83.1 Å². The van der Waals surface area contributed by atoms with Gasteiger partial charge in [-0.15, -0.1) is 11.3 Å². The standard InChI is InChI=1S/C54H74N4O7S/c1-32(2)41(30-48(61)54(8,9)55)53(63)57(10)50(33(3)4)46(64-11)31-49(62)58-24-16-19-43(58)51(65-12)36(7)44(59)29-40(27-37-17-14-13-15-18-37)45(60)28-38-21-22-39(26-35(38)6)52-56-42-25-34(5)20-23-47(42)66-52/h13-15,17-18,20-23,25-26,32-33,36,40-41,43,46,50-51H,16,19,24,27-31,55H2,1-12H3. The smallest absolute Gasteiger partial charge is 0.226 e. The van der Waals surface area contributed by atoms with Gasteiger partial charge in [0.25, 0.3) is 0 Å². The minimum absolute atomic E-state index is 0.000602. The number of Topliss-reactive ketones (excluding diaryl/α,β-unsaturated/α-hetero) is 3. The number of methoxy groups -OCH3 is 2. The number of nitrogens with two attached hydrogens (primary N) is 1. The van der Waals surface area contributed by atoms with Crippen LogP contribution in [0.15, 0.2) is 66.7 Å². The Morgan fingerprint density at radius 3 is 2.18 bits per heavy atom. The van der Waals surface area contributed by atoms with Gasteiger partial charge in [-0.3, -0.25) is 24.0 Å². The molecule has 0 bridgehead atoms. The number of likely N-dealkylation sites (N-methyl/N-ethyl adjacent to an activating group) is 1. The lowest BCUT2D eigenvalue weighted by Crippen LogP contribution is -2.54. The molecule has 66 heavy (non-hydrogen) atoms. The summed E-state index contributed by atoms with van der Waals surface area (Å²) in [5, 5.41) is 0.934. The maximum atomic E-state index is 14.4. The molecule has 1 aromatic heterocycles. The number of thiazole rings is 1. The average Bonchev–Trinajstić information content (AvgIpc) is 3.93. The van der Waals surface area contributed by atoms with E-state index in [9.17, 15) is 24.0 Å². The van der Waals surface area contributed by atoms with Gasteiger partial charge in [-0.2, -0.15) is 0 Å². The molecule has 0 saturated carbocycles. The summed E-state index contributed by atoms with van der Waals surface area (Å²) in [7, 11) is 4.86. The quantitative estimate of drug-likeness (QED) is 0.0770. The van der Waals surface area contributed by atoms with E-state index in [1.165, 1.54) is 5.56 Å². The van der Waals surface area contributed by atoms with Gasteiger partial charge in [0, 0.05) is 70.4 Å². The van der Waals surface area contributed by atoms with Crippen molar-refractivity contribution < 1.29 is 33.4 Å². The molecule has 0 spiro atoms. The van der Waals surface area contributed by atoms with E-state index in [1.807, 2.05) is 88.9 Å². The van der Waals surface area contributed by atoms with Crippen LogP contribution in [0.4, 0.5) is 0 Å². The molecule has 1 aliphatic rings. The van der Waals surface area contributed by atoms with Gasteiger partial charge in [-0.05, 0) is 99.2 Å². The summed E-state index contributed by atoms with van der Waals surface area (Å²) in [6.45, 7) is 17.6. The van der Waals surface area contributed by atoms with Crippen LogP contribution in [0, 0.1) is 43.4 Å². The third kappa shape index (κ3) is 12.9. The molecule has 2 N–H and O–H groups in total. The van der Waals surface area contributed by atoms with E-state index < -0.39 is 41.5 Å². The van der Waals surface area contributed by atoms with Crippen LogP contribution < -0.4 is 5.73 Å². The Morgan fingerprint density at radius 2 is 1.58 bits per heavy atom. The minimum atomic E-state index is -1.06. The second-order valence-electron chi connectivity index (χ2n) is 20.0. The molecule has 2 amide bonds. The first-order valence-electron chi connectivity index (χ1n) is 23.6. The molecular weight excluding hydrogens is 849 g/mol. The second-order valence-corrected chi connectivity index (χ2v) is 21.0. The maximum Gasteiger partial charge on any atom is 0.226 e. The summed E-state index contributed by atoms with van der Waals surface area (Å²) in [5.41, 5.74) is 11.1. The van der Waals surface area contributed by atoms with E-state index in [2.05, 4.69) is 31.2 Å². The van der Waals surface area contributed by atoms with Crippen molar-refractivity contribution in [2.75, 3.05) is 27.8 Å². The molecule has 3 aromatic carbocycles. The van der Waals surface area contributed by atoms with Gasteiger partial charge in [0.1, 0.15) is 16.6 Å². The lowest BCUT2D eigenvalue weighted by atomic mass is 9.82. The molecule has 358 valence electrons. The highest BCUT2D eigenvalue weighted by Crippen LogP contribution is 2.34. The zero-order chi connectivity index (χ0) is 48.6. The summed E-state index contributed by atoms with van der Waals surface area (Å²) in [6.07, 6.45) is 0.884. The van der Waals surface area contributed by atoms with Crippen LogP contribution in [0.5, 0.6) is 0 Å². The van der Waals surface area contributed by atoms with Crippen LogP contribution in [0.2, 0.25) is 0 Å². The molecule has 7 unspecified atom stereocenters. The third-order valence-corrected chi connectivity index (χ3v) is 14.9. The zero-order valence-electron chi connectivity index (χ0n) is 41.4. The van der Waals surface area contributed by atoms with E-state index in [0.29, 0.717) is 19.4 Å². The van der Waals surface area contributed by atoms with Crippen LogP contribution >= 0.6 is 11.3 Å². The van der Waals surface area contributed by atoms with Crippen LogP contribution in [0.1, 0.15) is 103 Å². The maximum absolute atomic E-state index is 14.4. The number of ether oxygens (including phenoxy) is 2. The molecule has 0 radical (unpaired) electrons. The molecule has 1 fully saturated rings. The Kier molecular flexibility index (Phi) is 18.2. The summed E-state index contributed by atoms with van der Waals surface area (Å²) in [5.74, 6) is -2.52. The highest BCUT2D eigenvalue weighted by atomic mass is 32.1. The van der Waals surface area contributed by atoms with E-state index in [1.54, 1.807) is 51.4 Å². The van der Waals surface area contributed by atoms with Crippen molar-refractivity contribution >= 4 is 50.7 Å². The topological polar surface area (TPSA) is 149 Å². The lowest BCUT2D eigenvalue weighted by Gasteiger charge is -2.40. The number of fused-ring (bicyclic) bond motifs is 1. The molecule has 2 heterocycles. The predicted molar refractivity (Wildman–Crippen MR) is 264 cm³/mol. The Labute approximate surface area is 397 Å². The molecule has 1 aliphatic heterocycles. The fourth-order valence-corrected chi connectivity index (χ4v) is 10.6. The van der Waals surface area contributed by atoms with Crippen LogP contribution in [0.25, 0.3) is 20.8 Å². The summed E-state index contributed by atoms with van der Waals surface area (Å²) >= 11 is 1.65. The zero-order valence-corrected chi connectivity index (χ0v) is 42.2. The Morgan fingerprint density at radius 1 is 0.879 bits per heavy atom. The molecule has 11 nitrogen and oxygen atoms in total. The molecule has 4 aromatic rings. The first kappa shape index (κ1) is 52.4. The normalized spacial score (nSPS) is 17.1. The van der Waals surface area contributed by atoms with Crippen molar-refractivity contribution in [2.45, 2.75) is 137 Å². The Bertz CT molecular complexity index is 2320. The number of amides is 2. The van der Waals surface area contributed by atoms with Crippen molar-refractivity contribution in [3.63, 3.8) is 0 Å². The predicted octanol–water partition coefficient (Wildman–Crippen LogP) is 9.01. The minimum Gasteiger partial charge on any atom is -0.379 e. The van der Waals surface area contributed by atoms with E-state index in [4.69, 9.17) is 20.2 Å². The fourth-order valence-electron chi connectivity index (χ4n) is 9.71. The third-order valence-electron chi connectivity index (χ3n) is 13.8. The van der Waals surface area contributed by atoms with Gasteiger partial charge in [0.15, 0.2) is 5.78 Å². The Balaban J connectivity index is 1.30. The van der Waals surface area contributed by atoms with E-state index >= 15 is 0 Å². The molecule has 1 saturated heterocycles. The lowest BCUT2D eigenvalue weighted by molar-refractivity contribution is -0.149. The van der Waals surface area contributed by atoms with Gasteiger partial charge in [-0.25, -0.2) is 4.98 Å². The highest BCUT2D eigenvalue weighted by Gasteiger charge is 2.43. The number of carbonyl (C=O) groups excluding carboxylic acids is 5. The first-order valence-corrected chi connectivity index (χ1v) is 24.5. The van der Waals surface area contributed by atoms with Crippen molar-refractivity contribution in [3.8, 4) is 10.6 Å². The molecule has 7 atom stereocenters. The number of rotatable bonds is 23. The largest absolute Gasteiger partial charge is 0.379 e. The molecule has 0 aliphatic carbocycles. The van der Waals surface area contributed by atoms with E-state index in [0.717, 1.165) is 43.9 Å². The van der Waals surface area contributed by atoms with Crippen molar-refractivity contribution in [2.24, 2.45) is 35.3 Å². The number of nitrogens with zero attached hydrogens (tertiary/aromatic N) is 3. The van der Waals surface area contributed by atoms with Gasteiger partial charge in [0.05, 0.1) is 46.5 Å². The number of hydrogen-bond acceptors (Lipinski definition) is 10. The molecular formula is C54H74N4O7S. The summed E-state index contributed by atoms with van der Waals surface area (Å²) in [6, 6.07) is 21.4. The number of benzene rings is 3. The molecule has 12 heteroatoms. The number of carbonyl (C=O) groups is 5. The second kappa shape index (κ2) is 22.9. The first-order chi connectivity index (χ1) is 31.1. The number of hydrogen-bond donors (Lipinski definition) is 1. The highest BCUT2D eigenvalue weighted by molar-refractivity contribution is 7.21. The summed E-state index contributed by atoms with van der Waals surface area (Å²) < 4.78 is 13.3. The number of likely N-dealkylation sites (tertiary alicyclic amines) is 1. The summed E-state index contributed by atoms with van der Waals surface area (Å²) in [4.78, 5) is 78.6.